The molecule has 34 heavy (non-hydrogen) atoms. The van der Waals surface area contributed by atoms with Crippen molar-refractivity contribution in [3.05, 3.63) is 75.9 Å². The molecule has 176 valence electrons. The van der Waals surface area contributed by atoms with Crippen molar-refractivity contribution >= 4 is 72.3 Å². The molecule has 4 rings (SSSR count). The van der Waals surface area contributed by atoms with Crippen LogP contribution >= 0.6 is 33.9 Å². The molecule has 1 aromatic carbocycles. The molecule has 9 nitrogen and oxygen atoms in total. The number of urea groups is 1. The quantitative estimate of drug-likeness (QED) is 0.223. The lowest BCUT2D eigenvalue weighted by Crippen LogP contribution is -2.34. The highest BCUT2D eigenvalue weighted by Crippen LogP contribution is 2.24. The third kappa shape index (κ3) is 4.90. The van der Waals surface area contributed by atoms with Gasteiger partial charge in [-0.2, -0.15) is 0 Å². The average molecular weight is 613 g/mol. The van der Waals surface area contributed by atoms with Crippen molar-refractivity contribution in [1.29, 1.82) is 0 Å². The first-order valence-electron chi connectivity index (χ1n) is 9.69. The number of sulfonamides is 1. The van der Waals surface area contributed by atoms with Gasteiger partial charge in [0, 0.05) is 22.5 Å². The Bertz CT molecular complexity index is 1550. The zero-order chi connectivity index (χ0) is 24.5. The van der Waals surface area contributed by atoms with Crippen molar-refractivity contribution in [2.45, 2.75) is 8.64 Å². The summed E-state index contributed by atoms with van der Waals surface area (Å²) < 4.78 is 42.8. The zero-order valence-electron chi connectivity index (χ0n) is 17.5. The second-order valence-electron chi connectivity index (χ2n) is 6.98. The van der Waals surface area contributed by atoms with E-state index in [1.807, 2.05) is 4.72 Å². The molecule has 0 saturated heterocycles. The smallest absolute Gasteiger partial charge is 0.334 e. The number of halogens is 2. The van der Waals surface area contributed by atoms with Gasteiger partial charge in [-0.25, -0.2) is 27.3 Å². The van der Waals surface area contributed by atoms with Gasteiger partial charge in [0.1, 0.15) is 15.8 Å². The van der Waals surface area contributed by atoms with Gasteiger partial charge >= 0.3 is 6.03 Å². The van der Waals surface area contributed by atoms with Crippen LogP contribution in [0.15, 0.2) is 63.9 Å². The third-order valence-electron chi connectivity index (χ3n) is 4.79. The lowest BCUT2D eigenvalue weighted by atomic mass is 10.1. The summed E-state index contributed by atoms with van der Waals surface area (Å²) in [5, 5.41) is 5.86. The molecule has 0 saturated carbocycles. The number of alkyl halides is 1. The van der Waals surface area contributed by atoms with Crippen molar-refractivity contribution in [3.63, 3.8) is 0 Å². The Labute approximate surface area is 211 Å². The number of hydrogen-bond donors (Lipinski definition) is 3. The van der Waals surface area contributed by atoms with Gasteiger partial charge in [0.25, 0.3) is 15.6 Å². The van der Waals surface area contributed by atoms with Crippen molar-refractivity contribution in [3.8, 4) is 5.69 Å². The number of carbonyl (C=O) groups is 1. The van der Waals surface area contributed by atoms with E-state index >= 15 is 0 Å². The third-order valence-corrected chi connectivity index (χ3v) is 9.04. The van der Waals surface area contributed by atoms with E-state index < -0.39 is 27.4 Å². The molecule has 3 N–H and O–H groups in total. The molecule has 3 aromatic heterocycles. The fraction of sp³-hybridized carbons (Fsp3) is 0.0952. The molecule has 0 aliphatic heterocycles. The molecule has 0 atom stereocenters. The summed E-state index contributed by atoms with van der Waals surface area (Å²) in [6, 6.07) is 9.49. The maximum absolute atomic E-state index is 14.1. The van der Waals surface area contributed by atoms with Gasteiger partial charge in [-0.15, -0.1) is 11.3 Å². The molecule has 0 fully saturated rings. The number of anilines is 2. The van der Waals surface area contributed by atoms with E-state index in [1.54, 1.807) is 25.2 Å². The molecule has 4 aromatic rings. The summed E-state index contributed by atoms with van der Waals surface area (Å²) in [6.45, 7) is 0. The molecular weight excluding hydrogens is 596 g/mol. The van der Waals surface area contributed by atoms with Crippen molar-refractivity contribution < 1.29 is 17.6 Å². The van der Waals surface area contributed by atoms with Crippen LogP contribution in [0.4, 0.5) is 20.7 Å². The van der Waals surface area contributed by atoms with E-state index in [4.69, 9.17) is 0 Å². The van der Waals surface area contributed by atoms with E-state index in [1.165, 1.54) is 41.2 Å². The highest BCUT2D eigenvalue weighted by Gasteiger charge is 2.20. The summed E-state index contributed by atoms with van der Waals surface area (Å²) in [4.78, 5) is 30.0. The molecule has 13 heteroatoms. The standard InChI is InChI=1S/C21H17FIN5O4S2/c1-24-17-8-12-6-7-28(20(29)15(12)9-16(17)22)13-2-4-18(25-11-13)26-21(30)27-34(31,32)19-5-3-14(10-23)33-19/h2-9,11,24H,10H2,1H3,(H2,25,26,27,30). The molecule has 0 unspecified atom stereocenters. The summed E-state index contributed by atoms with van der Waals surface area (Å²) >= 11 is 3.20. The van der Waals surface area contributed by atoms with Gasteiger partial charge in [0.05, 0.1) is 23.0 Å². The number of pyridine rings is 2. The van der Waals surface area contributed by atoms with E-state index in [0.29, 0.717) is 15.5 Å². The maximum atomic E-state index is 14.1. The number of rotatable bonds is 6. The van der Waals surface area contributed by atoms with Gasteiger partial charge < -0.3 is 5.32 Å². The summed E-state index contributed by atoms with van der Waals surface area (Å²) in [7, 11) is -2.42. The van der Waals surface area contributed by atoms with Crippen LogP contribution in [0.2, 0.25) is 0 Å². The minimum atomic E-state index is -4.01. The van der Waals surface area contributed by atoms with Crippen LogP contribution in [0.5, 0.6) is 0 Å². The number of thiophene rings is 1. The van der Waals surface area contributed by atoms with Gasteiger partial charge in [-0.05, 0) is 47.9 Å². The minimum absolute atomic E-state index is 0.0339. The molecule has 0 bridgehead atoms. The van der Waals surface area contributed by atoms with E-state index in [9.17, 15) is 22.4 Å². The number of nitrogens with one attached hydrogen (secondary N) is 3. The normalized spacial score (nSPS) is 11.4. The zero-order valence-corrected chi connectivity index (χ0v) is 21.3. The molecule has 0 aliphatic carbocycles. The van der Waals surface area contributed by atoms with Crippen LogP contribution in [0.25, 0.3) is 16.5 Å². The summed E-state index contributed by atoms with van der Waals surface area (Å²) in [6.07, 6.45) is 2.87. The number of amides is 2. The van der Waals surface area contributed by atoms with Crippen LogP contribution in [-0.4, -0.2) is 31.0 Å². The van der Waals surface area contributed by atoms with E-state index in [0.717, 1.165) is 16.2 Å². The van der Waals surface area contributed by atoms with Crippen LogP contribution in [0.3, 0.4) is 0 Å². The molecular formula is C21H17FIN5O4S2. The van der Waals surface area contributed by atoms with Crippen LogP contribution in [-0.2, 0) is 14.5 Å². The van der Waals surface area contributed by atoms with Crippen molar-refractivity contribution in [2.75, 3.05) is 17.7 Å². The van der Waals surface area contributed by atoms with Gasteiger partial charge in [0.2, 0.25) is 0 Å². The number of benzene rings is 1. The second-order valence-corrected chi connectivity index (χ2v) is 10.8. The van der Waals surface area contributed by atoms with Gasteiger partial charge in [0.15, 0.2) is 0 Å². The Morgan fingerprint density at radius 2 is 2.00 bits per heavy atom. The summed E-state index contributed by atoms with van der Waals surface area (Å²) in [5.74, 6) is -0.467. The number of nitrogens with zero attached hydrogens (tertiary/aromatic N) is 2. The Morgan fingerprint density at radius 3 is 2.65 bits per heavy atom. The maximum Gasteiger partial charge on any atom is 0.334 e. The second kappa shape index (κ2) is 9.68. The molecule has 2 amide bonds. The number of aromatic nitrogens is 2. The highest BCUT2D eigenvalue weighted by molar-refractivity contribution is 14.1. The highest BCUT2D eigenvalue weighted by atomic mass is 127. The van der Waals surface area contributed by atoms with Crippen LogP contribution in [0.1, 0.15) is 4.88 Å². The fourth-order valence-electron chi connectivity index (χ4n) is 3.15. The Balaban J connectivity index is 1.52. The Morgan fingerprint density at radius 1 is 1.21 bits per heavy atom. The Hall–Kier alpha value is -3.04. The lowest BCUT2D eigenvalue weighted by Gasteiger charge is -2.10. The largest absolute Gasteiger partial charge is 0.386 e. The minimum Gasteiger partial charge on any atom is -0.386 e. The van der Waals surface area contributed by atoms with Gasteiger partial charge in [-0.1, -0.05) is 22.6 Å². The molecule has 0 aliphatic rings. The first-order valence-corrected chi connectivity index (χ1v) is 13.5. The summed E-state index contributed by atoms with van der Waals surface area (Å²) in [5.41, 5.74) is 0.229. The van der Waals surface area contributed by atoms with Gasteiger partial charge in [-0.3, -0.25) is 14.7 Å². The van der Waals surface area contributed by atoms with Crippen molar-refractivity contribution in [1.82, 2.24) is 14.3 Å². The topological polar surface area (TPSA) is 122 Å². The lowest BCUT2D eigenvalue weighted by molar-refractivity contribution is 0.256. The number of fused-ring (bicyclic) bond motifs is 1. The molecule has 0 spiro atoms. The predicted molar refractivity (Wildman–Crippen MR) is 138 cm³/mol. The predicted octanol–water partition coefficient (Wildman–Crippen LogP) is 4.07. The van der Waals surface area contributed by atoms with E-state index in [2.05, 4.69) is 38.2 Å². The Kier molecular flexibility index (Phi) is 6.86. The van der Waals surface area contributed by atoms with E-state index in [-0.39, 0.29) is 21.1 Å². The van der Waals surface area contributed by atoms with Crippen LogP contribution < -0.4 is 20.9 Å². The SMILES string of the molecule is CNc1cc2ccn(-c3ccc(NC(=O)NS(=O)(=O)c4ccc(CI)s4)nc3)c(=O)c2cc1F. The van der Waals surface area contributed by atoms with Crippen molar-refractivity contribution in [2.24, 2.45) is 0 Å². The number of carbonyl (C=O) groups excluding carboxylic acids is 1. The van der Waals surface area contributed by atoms with Crippen LogP contribution in [0, 0.1) is 5.82 Å². The molecule has 0 radical (unpaired) electrons. The molecule has 3 heterocycles. The first kappa shape index (κ1) is 24.1. The fourth-order valence-corrected chi connectivity index (χ4v) is 5.99. The number of hydrogen-bond acceptors (Lipinski definition) is 7. The first-order chi connectivity index (χ1) is 16.2. The monoisotopic (exact) mass is 613 g/mol. The average Bonchev–Trinajstić information content (AvgIpc) is 3.30.